The summed E-state index contributed by atoms with van der Waals surface area (Å²) in [6.07, 6.45) is 8.97. The van der Waals surface area contributed by atoms with Gasteiger partial charge in [0.1, 0.15) is 0 Å². The molecule has 9 heteroatoms. The van der Waals surface area contributed by atoms with Crippen LogP contribution in [0.2, 0.25) is 0 Å². The summed E-state index contributed by atoms with van der Waals surface area (Å²) in [5.41, 5.74) is -2.61. The Morgan fingerprint density at radius 1 is 1.00 bits per heavy atom. The summed E-state index contributed by atoms with van der Waals surface area (Å²) in [6.45, 7) is 0.0694. The molecule has 0 aliphatic carbocycles. The number of aromatic nitrogens is 2. The Morgan fingerprint density at radius 2 is 1.47 bits per heavy atom. The van der Waals surface area contributed by atoms with Crippen LogP contribution in [-0.4, -0.2) is 78.4 Å². The monoisotopic (exact) mass is 462 g/mol. The summed E-state index contributed by atoms with van der Waals surface area (Å²) in [4.78, 5) is 54.2. The predicted octanol–water partition coefficient (Wildman–Crippen LogP) is 1.04. The molecule has 2 aromatic rings. The SMILES string of the molecule is C#CCN1C(c2ccccn2)C2(C(=O)OC)CN(C)CC(C(=O)OC)(C2=O)C1c1ccccn1. The zero-order valence-electron chi connectivity index (χ0n) is 19.3. The fourth-order valence-electron chi connectivity index (χ4n) is 5.70. The molecular weight excluding hydrogens is 436 g/mol. The molecule has 2 aliphatic heterocycles. The number of carbonyl (C=O) groups is 3. The van der Waals surface area contributed by atoms with Crippen LogP contribution in [0, 0.1) is 23.2 Å². The van der Waals surface area contributed by atoms with Crippen LogP contribution in [0.1, 0.15) is 23.5 Å². The van der Waals surface area contributed by atoms with Crippen molar-refractivity contribution in [3.63, 3.8) is 0 Å². The van der Waals surface area contributed by atoms with E-state index in [4.69, 9.17) is 15.9 Å². The van der Waals surface area contributed by atoms with Crippen LogP contribution in [-0.2, 0) is 23.9 Å². The van der Waals surface area contributed by atoms with Gasteiger partial charge in [0.25, 0.3) is 0 Å². The minimum absolute atomic E-state index is 0.0223. The first kappa shape index (κ1) is 23.5. The maximum absolute atomic E-state index is 14.6. The van der Waals surface area contributed by atoms with E-state index in [2.05, 4.69) is 15.9 Å². The normalized spacial score (nSPS) is 29.2. The van der Waals surface area contributed by atoms with Crippen molar-refractivity contribution < 1.29 is 23.9 Å². The van der Waals surface area contributed by atoms with Gasteiger partial charge in [-0.25, -0.2) is 0 Å². The number of fused-ring (bicyclic) bond motifs is 2. The zero-order chi connectivity index (χ0) is 24.5. The molecule has 0 saturated carbocycles. The van der Waals surface area contributed by atoms with Gasteiger partial charge in [0, 0.05) is 25.5 Å². The molecule has 2 bridgehead atoms. The van der Waals surface area contributed by atoms with Crippen molar-refractivity contribution in [2.24, 2.45) is 10.8 Å². The lowest BCUT2D eigenvalue weighted by atomic mass is 9.54. The second-order valence-electron chi connectivity index (χ2n) is 8.62. The maximum atomic E-state index is 14.6. The van der Waals surface area contributed by atoms with Gasteiger partial charge < -0.3 is 14.4 Å². The highest BCUT2D eigenvalue weighted by Crippen LogP contribution is 2.60. The van der Waals surface area contributed by atoms with Crippen molar-refractivity contribution in [2.45, 2.75) is 12.1 Å². The topological polar surface area (TPSA) is 102 Å². The van der Waals surface area contributed by atoms with Crippen molar-refractivity contribution in [2.75, 3.05) is 40.9 Å². The van der Waals surface area contributed by atoms with Crippen LogP contribution in [0.25, 0.3) is 0 Å². The highest BCUT2D eigenvalue weighted by Gasteiger charge is 2.75. The van der Waals surface area contributed by atoms with Crippen LogP contribution in [0.3, 0.4) is 0 Å². The summed E-state index contributed by atoms with van der Waals surface area (Å²) in [7, 11) is 4.21. The highest BCUT2D eigenvalue weighted by atomic mass is 16.5. The standard InChI is InChI=1S/C25H26N4O5/c1-5-14-29-19(17-10-6-8-12-26-17)24(22(31)33-3)15-28(2)16-25(21(24)30,23(32)34-4)20(29)18-11-7-9-13-27-18/h1,6-13,19-20H,14-16H2,2-4H3. The molecule has 4 heterocycles. The molecular formula is C25H26N4O5. The van der Waals surface area contributed by atoms with Crippen molar-refractivity contribution in [3.05, 3.63) is 60.2 Å². The number of hydrogen-bond acceptors (Lipinski definition) is 9. The number of methoxy groups -OCH3 is 2. The Hall–Kier alpha value is -3.61. The lowest BCUT2D eigenvalue weighted by Gasteiger charge is -2.60. The van der Waals surface area contributed by atoms with Gasteiger partial charge in [-0.3, -0.25) is 29.3 Å². The number of rotatable bonds is 5. The number of carbonyl (C=O) groups excluding carboxylic acids is 3. The third-order valence-corrected chi connectivity index (χ3v) is 6.75. The summed E-state index contributed by atoms with van der Waals surface area (Å²) < 4.78 is 10.4. The van der Waals surface area contributed by atoms with Crippen molar-refractivity contribution in [3.8, 4) is 12.3 Å². The second kappa shape index (κ2) is 8.97. The predicted molar refractivity (Wildman–Crippen MR) is 121 cm³/mol. The molecule has 2 saturated heterocycles. The number of pyridine rings is 2. The Labute approximate surface area is 198 Å². The van der Waals surface area contributed by atoms with E-state index in [0.29, 0.717) is 11.4 Å². The molecule has 34 heavy (non-hydrogen) atoms. The molecule has 0 amide bonds. The van der Waals surface area contributed by atoms with Crippen molar-refractivity contribution in [1.29, 1.82) is 0 Å². The molecule has 9 nitrogen and oxygen atoms in total. The van der Waals surface area contributed by atoms with Gasteiger partial charge in [-0.05, 0) is 31.3 Å². The molecule has 4 rings (SSSR count). The lowest BCUT2D eigenvalue weighted by Crippen LogP contribution is -2.75. The minimum atomic E-state index is -1.77. The number of nitrogens with zero attached hydrogens (tertiary/aromatic N) is 4. The Bertz CT molecular complexity index is 1060. The Kier molecular flexibility index (Phi) is 6.21. The number of ketones is 1. The van der Waals surface area contributed by atoms with Gasteiger partial charge in [-0.1, -0.05) is 18.1 Å². The first-order valence-corrected chi connectivity index (χ1v) is 10.8. The first-order chi connectivity index (χ1) is 16.4. The van der Waals surface area contributed by atoms with E-state index in [1.807, 2.05) is 0 Å². The van der Waals surface area contributed by atoms with Gasteiger partial charge in [0.15, 0.2) is 16.6 Å². The van der Waals surface area contributed by atoms with Gasteiger partial charge in [-0.15, -0.1) is 6.42 Å². The molecule has 0 radical (unpaired) electrons. The van der Waals surface area contributed by atoms with E-state index >= 15 is 0 Å². The summed E-state index contributed by atoms with van der Waals surface area (Å²) in [6, 6.07) is 8.70. The molecule has 4 atom stereocenters. The number of piperidine rings is 2. The average molecular weight is 463 g/mol. The fourth-order valence-corrected chi connectivity index (χ4v) is 5.70. The Morgan fingerprint density at radius 3 is 1.82 bits per heavy atom. The van der Waals surface area contributed by atoms with E-state index < -0.39 is 40.6 Å². The quantitative estimate of drug-likeness (QED) is 0.366. The van der Waals surface area contributed by atoms with Crippen molar-refractivity contribution in [1.82, 2.24) is 19.8 Å². The van der Waals surface area contributed by atoms with Gasteiger partial charge in [0.2, 0.25) is 0 Å². The van der Waals surface area contributed by atoms with E-state index in [1.165, 1.54) is 14.2 Å². The van der Waals surface area contributed by atoms with Crippen LogP contribution < -0.4 is 0 Å². The number of esters is 2. The minimum Gasteiger partial charge on any atom is -0.468 e. The molecule has 2 aliphatic rings. The van der Waals surface area contributed by atoms with E-state index in [0.717, 1.165) is 0 Å². The maximum Gasteiger partial charge on any atom is 0.322 e. The fraction of sp³-hybridized carbons (Fsp3) is 0.400. The molecule has 4 unspecified atom stereocenters. The molecule has 0 spiro atoms. The van der Waals surface area contributed by atoms with Crippen LogP contribution in [0.4, 0.5) is 0 Å². The van der Waals surface area contributed by atoms with Crippen LogP contribution in [0.5, 0.6) is 0 Å². The summed E-state index contributed by atoms with van der Waals surface area (Å²) >= 11 is 0. The van der Waals surface area contributed by atoms with E-state index in [9.17, 15) is 14.4 Å². The van der Waals surface area contributed by atoms with Crippen LogP contribution in [0.15, 0.2) is 48.8 Å². The van der Waals surface area contributed by atoms with Gasteiger partial charge in [-0.2, -0.15) is 0 Å². The number of hydrogen-bond donors (Lipinski definition) is 0. The summed E-state index contributed by atoms with van der Waals surface area (Å²) in [5.74, 6) is 0.559. The smallest absolute Gasteiger partial charge is 0.322 e. The average Bonchev–Trinajstić information content (AvgIpc) is 2.86. The number of Topliss-reactive ketones (excluding diaryl/α,β-unsaturated/α-hetero) is 1. The number of terminal acetylenes is 1. The largest absolute Gasteiger partial charge is 0.468 e. The third-order valence-electron chi connectivity index (χ3n) is 6.75. The Balaban J connectivity index is 2.12. The molecule has 0 N–H and O–H groups in total. The number of likely N-dealkylation sites (tertiary alicyclic amines) is 2. The molecule has 2 fully saturated rings. The molecule has 176 valence electrons. The van der Waals surface area contributed by atoms with Gasteiger partial charge >= 0.3 is 11.9 Å². The van der Waals surface area contributed by atoms with Gasteiger partial charge in [0.05, 0.1) is 44.2 Å². The second-order valence-corrected chi connectivity index (χ2v) is 8.62. The van der Waals surface area contributed by atoms with E-state index in [-0.39, 0.29) is 19.6 Å². The number of ether oxygens (including phenoxy) is 2. The van der Waals surface area contributed by atoms with E-state index in [1.54, 1.807) is 65.6 Å². The highest BCUT2D eigenvalue weighted by molar-refractivity contribution is 6.17. The first-order valence-electron chi connectivity index (χ1n) is 10.8. The molecule has 0 aromatic carbocycles. The molecule has 2 aromatic heterocycles. The van der Waals surface area contributed by atoms with Crippen molar-refractivity contribution >= 4 is 17.7 Å². The lowest BCUT2D eigenvalue weighted by molar-refractivity contribution is -0.203. The summed E-state index contributed by atoms with van der Waals surface area (Å²) in [5, 5.41) is 0. The van der Waals surface area contributed by atoms with Crippen LogP contribution >= 0.6 is 0 Å². The third kappa shape index (κ3) is 3.22. The zero-order valence-corrected chi connectivity index (χ0v) is 19.3.